The Morgan fingerprint density at radius 2 is 2.17 bits per heavy atom. The maximum Gasteiger partial charge on any atom is 0.234 e. The third-order valence-electron chi connectivity index (χ3n) is 1.68. The van der Waals surface area contributed by atoms with Crippen LogP contribution in [0.4, 0.5) is 0 Å². The Balaban J connectivity index is 2.77. The molecule has 12 heavy (non-hydrogen) atoms. The monoisotopic (exact) mass is 166 g/mol. The summed E-state index contributed by atoms with van der Waals surface area (Å²) in [5.41, 5.74) is 1.24. The molecule has 66 valence electrons. The fourth-order valence-electron chi connectivity index (χ4n) is 1.18. The SMILES string of the molecule is CCCc1cccc[n+]1OCC. The minimum Gasteiger partial charge on any atom is -0.271 e. The van der Waals surface area contributed by atoms with E-state index >= 15 is 0 Å². The van der Waals surface area contributed by atoms with Crippen molar-refractivity contribution in [3.8, 4) is 0 Å². The van der Waals surface area contributed by atoms with Crippen LogP contribution in [0.3, 0.4) is 0 Å². The van der Waals surface area contributed by atoms with Gasteiger partial charge in [-0.2, -0.15) is 0 Å². The molecule has 0 unspecified atom stereocenters. The molecule has 0 atom stereocenters. The van der Waals surface area contributed by atoms with Crippen LogP contribution in [0.1, 0.15) is 26.0 Å². The summed E-state index contributed by atoms with van der Waals surface area (Å²) in [6.07, 6.45) is 4.17. The molecule has 2 nitrogen and oxygen atoms in total. The minimum absolute atomic E-state index is 0.714. The second-order valence-electron chi connectivity index (χ2n) is 2.69. The molecule has 1 aromatic heterocycles. The highest BCUT2D eigenvalue weighted by Gasteiger charge is 2.08. The average Bonchev–Trinajstić information content (AvgIpc) is 2.09. The van der Waals surface area contributed by atoms with Crippen molar-refractivity contribution >= 4 is 0 Å². The third-order valence-corrected chi connectivity index (χ3v) is 1.68. The highest BCUT2D eigenvalue weighted by molar-refractivity contribution is 4.96. The molecule has 1 heterocycles. The molecular weight excluding hydrogens is 150 g/mol. The largest absolute Gasteiger partial charge is 0.271 e. The molecule has 0 saturated heterocycles. The number of hydrogen-bond donors (Lipinski definition) is 0. The Labute approximate surface area is 73.8 Å². The zero-order valence-electron chi connectivity index (χ0n) is 7.79. The predicted molar refractivity (Wildman–Crippen MR) is 47.8 cm³/mol. The summed E-state index contributed by atoms with van der Waals surface area (Å²) in [4.78, 5) is 5.41. The van der Waals surface area contributed by atoms with Gasteiger partial charge in [-0.05, 0) is 19.4 Å². The zero-order valence-corrected chi connectivity index (χ0v) is 7.79. The van der Waals surface area contributed by atoms with Gasteiger partial charge in [-0.3, -0.25) is 4.84 Å². The molecule has 0 N–H and O–H groups in total. The Hall–Kier alpha value is -1.05. The molecule has 1 rings (SSSR count). The summed E-state index contributed by atoms with van der Waals surface area (Å²) >= 11 is 0. The van der Waals surface area contributed by atoms with Gasteiger partial charge >= 0.3 is 0 Å². The van der Waals surface area contributed by atoms with Gasteiger partial charge in [0.15, 0.2) is 6.61 Å². The van der Waals surface area contributed by atoms with E-state index in [4.69, 9.17) is 4.84 Å². The number of rotatable bonds is 4. The molecule has 0 spiro atoms. The standard InChI is InChI=1S/C10H16NO/c1-3-7-10-8-5-6-9-11(10)12-4-2/h5-6,8-9H,3-4,7H2,1-2H3/q+1. The van der Waals surface area contributed by atoms with Gasteiger partial charge in [-0.15, -0.1) is 0 Å². The summed E-state index contributed by atoms with van der Waals surface area (Å²) < 4.78 is 1.85. The summed E-state index contributed by atoms with van der Waals surface area (Å²) in [5, 5.41) is 0. The molecule has 0 aromatic carbocycles. The van der Waals surface area contributed by atoms with Crippen LogP contribution >= 0.6 is 0 Å². The molecule has 0 radical (unpaired) electrons. The summed E-state index contributed by atoms with van der Waals surface area (Å²) in [6, 6.07) is 6.12. The van der Waals surface area contributed by atoms with Crippen LogP contribution in [-0.2, 0) is 6.42 Å². The van der Waals surface area contributed by atoms with E-state index in [1.54, 1.807) is 0 Å². The van der Waals surface area contributed by atoms with Crippen molar-refractivity contribution in [2.45, 2.75) is 26.7 Å². The third kappa shape index (κ3) is 2.22. The van der Waals surface area contributed by atoms with Crippen LogP contribution in [0.2, 0.25) is 0 Å². The van der Waals surface area contributed by atoms with E-state index in [-0.39, 0.29) is 0 Å². The van der Waals surface area contributed by atoms with E-state index in [2.05, 4.69) is 13.0 Å². The number of aromatic nitrogens is 1. The maximum atomic E-state index is 5.41. The lowest BCUT2D eigenvalue weighted by Crippen LogP contribution is -2.45. The molecule has 0 amide bonds. The average molecular weight is 166 g/mol. The fourth-order valence-corrected chi connectivity index (χ4v) is 1.18. The second kappa shape index (κ2) is 4.75. The molecule has 0 saturated carbocycles. The highest BCUT2D eigenvalue weighted by atomic mass is 16.7. The van der Waals surface area contributed by atoms with Crippen molar-refractivity contribution in [3.05, 3.63) is 30.1 Å². The van der Waals surface area contributed by atoms with E-state index < -0.39 is 0 Å². The van der Waals surface area contributed by atoms with Crippen molar-refractivity contribution < 1.29 is 9.57 Å². The normalized spacial score (nSPS) is 9.83. The topological polar surface area (TPSA) is 13.1 Å². The van der Waals surface area contributed by atoms with Crippen molar-refractivity contribution in [1.82, 2.24) is 0 Å². The van der Waals surface area contributed by atoms with Crippen LogP contribution in [-0.4, -0.2) is 6.61 Å². The first-order valence-corrected chi connectivity index (χ1v) is 4.51. The van der Waals surface area contributed by atoms with Crippen LogP contribution in [0, 0.1) is 0 Å². The molecular formula is C10H16NO+. The first-order chi connectivity index (χ1) is 5.88. The molecule has 0 aliphatic carbocycles. The summed E-state index contributed by atoms with van der Waals surface area (Å²) in [6.45, 7) is 4.88. The predicted octanol–water partition coefficient (Wildman–Crippen LogP) is 1.38. The number of hydrogen-bond acceptors (Lipinski definition) is 1. The van der Waals surface area contributed by atoms with Gasteiger partial charge in [-0.1, -0.05) is 6.92 Å². The lowest BCUT2D eigenvalue weighted by Gasteiger charge is -1.98. The minimum atomic E-state index is 0.714. The Morgan fingerprint density at radius 1 is 1.33 bits per heavy atom. The Bertz CT molecular complexity index is 210. The zero-order chi connectivity index (χ0) is 8.81. The smallest absolute Gasteiger partial charge is 0.234 e. The van der Waals surface area contributed by atoms with Crippen molar-refractivity contribution in [3.63, 3.8) is 0 Å². The van der Waals surface area contributed by atoms with Crippen LogP contribution in [0.5, 0.6) is 0 Å². The molecule has 0 bridgehead atoms. The molecule has 0 aliphatic heterocycles. The van der Waals surface area contributed by atoms with Gasteiger partial charge in [0.25, 0.3) is 0 Å². The molecule has 0 fully saturated rings. The second-order valence-corrected chi connectivity index (χ2v) is 2.69. The van der Waals surface area contributed by atoms with Gasteiger partial charge in [0, 0.05) is 23.3 Å². The lowest BCUT2D eigenvalue weighted by molar-refractivity contribution is -0.895. The van der Waals surface area contributed by atoms with E-state index in [9.17, 15) is 0 Å². The quantitative estimate of drug-likeness (QED) is 0.616. The fraction of sp³-hybridized carbons (Fsp3) is 0.500. The summed E-state index contributed by atoms with van der Waals surface area (Å²) in [5.74, 6) is 0. The van der Waals surface area contributed by atoms with Gasteiger partial charge in [0.05, 0.1) is 0 Å². The van der Waals surface area contributed by atoms with Gasteiger partial charge < -0.3 is 0 Å². The van der Waals surface area contributed by atoms with Gasteiger partial charge in [-0.25, -0.2) is 0 Å². The van der Waals surface area contributed by atoms with Crippen molar-refractivity contribution in [1.29, 1.82) is 0 Å². The molecule has 1 aromatic rings. The number of aryl methyl sites for hydroxylation is 1. The highest BCUT2D eigenvalue weighted by Crippen LogP contribution is 1.94. The number of nitrogens with zero attached hydrogens (tertiary/aromatic N) is 1. The van der Waals surface area contributed by atoms with Crippen LogP contribution < -0.4 is 9.57 Å². The van der Waals surface area contributed by atoms with Gasteiger partial charge in [0.1, 0.15) is 0 Å². The van der Waals surface area contributed by atoms with E-state index in [1.807, 2.05) is 30.0 Å². The summed E-state index contributed by atoms with van der Waals surface area (Å²) in [7, 11) is 0. The van der Waals surface area contributed by atoms with E-state index in [0.717, 1.165) is 12.8 Å². The number of pyridine rings is 1. The van der Waals surface area contributed by atoms with Gasteiger partial charge in [0.2, 0.25) is 11.9 Å². The Morgan fingerprint density at radius 3 is 2.83 bits per heavy atom. The van der Waals surface area contributed by atoms with E-state index in [1.165, 1.54) is 5.69 Å². The van der Waals surface area contributed by atoms with Crippen molar-refractivity contribution in [2.75, 3.05) is 6.61 Å². The van der Waals surface area contributed by atoms with Crippen LogP contribution in [0.15, 0.2) is 24.4 Å². The Kier molecular flexibility index (Phi) is 3.58. The first kappa shape index (κ1) is 9.04. The molecule has 0 aliphatic rings. The lowest BCUT2D eigenvalue weighted by atomic mass is 10.2. The maximum absolute atomic E-state index is 5.41. The van der Waals surface area contributed by atoms with Crippen LogP contribution in [0.25, 0.3) is 0 Å². The first-order valence-electron chi connectivity index (χ1n) is 4.51. The van der Waals surface area contributed by atoms with E-state index in [0.29, 0.717) is 6.61 Å². The molecule has 2 heteroatoms. The van der Waals surface area contributed by atoms with Crippen molar-refractivity contribution in [2.24, 2.45) is 0 Å².